The van der Waals surface area contributed by atoms with Crippen molar-refractivity contribution in [3.63, 3.8) is 0 Å². The fourth-order valence-corrected chi connectivity index (χ4v) is 3.72. The zero-order valence-corrected chi connectivity index (χ0v) is 16.9. The number of thioether (sulfide) groups is 1. The lowest BCUT2D eigenvalue weighted by Gasteiger charge is -2.22. The van der Waals surface area contributed by atoms with E-state index in [9.17, 15) is 0 Å². The normalized spacial score (nSPS) is 12.4. The second-order valence-corrected chi connectivity index (χ2v) is 8.58. The molecular formula is C22H30N2S. The molecule has 0 bridgehead atoms. The third-order valence-electron chi connectivity index (χ3n) is 4.44. The summed E-state index contributed by atoms with van der Waals surface area (Å²) in [5.74, 6) is 0.878. The quantitative estimate of drug-likeness (QED) is 0.577. The summed E-state index contributed by atoms with van der Waals surface area (Å²) in [5, 5.41) is 0.676. The molecule has 3 heteroatoms. The Kier molecular flexibility index (Phi) is 6.71. The van der Waals surface area contributed by atoms with E-state index in [1.54, 1.807) is 11.8 Å². The van der Waals surface area contributed by atoms with Crippen molar-refractivity contribution >= 4 is 16.9 Å². The summed E-state index contributed by atoms with van der Waals surface area (Å²) in [6.45, 7) is 11.9. The standard InChI is InChI=1S/C22H30N2S/c1-16-13-19(22(3,4)5)14-17(2)20(16)15-25-21(23)24-12-11-18-9-7-6-8-10-18/h6-10,13-14H,11-12,15H2,1-5H3,(H2,23,24). The predicted molar refractivity (Wildman–Crippen MR) is 113 cm³/mol. The fraction of sp³-hybridized carbons (Fsp3) is 0.409. The smallest absolute Gasteiger partial charge is 0.154 e. The molecule has 25 heavy (non-hydrogen) atoms. The minimum absolute atomic E-state index is 0.180. The molecule has 0 spiro atoms. The molecule has 2 N–H and O–H groups in total. The minimum atomic E-state index is 0.180. The van der Waals surface area contributed by atoms with Gasteiger partial charge in [0.25, 0.3) is 0 Å². The minimum Gasteiger partial charge on any atom is -0.379 e. The van der Waals surface area contributed by atoms with E-state index in [-0.39, 0.29) is 5.41 Å². The highest BCUT2D eigenvalue weighted by Crippen LogP contribution is 2.28. The van der Waals surface area contributed by atoms with Crippen LogP contribution in [0.3, 0.4) is 0 Å². The summed E-state index contributed by atoms with van der Waals surface area (Å²) < 4.78 is 0. The Morgan fingerprint density at radius 1 is 1.04 bits per heavy atom. The van der Waals surface area contributed by atoms with Crippen LogP contribution < -0.4 is 5.73 Å². The second-order valence-electron chi connectivity index (χ2n) is 7.58. The van der Waals surface area contributed by atoms with Crippen molar-refractivity contribution in [1.82, 2.24) is 0 Å². The Hall–Kier alpha value is -1.74. The summed E-state index contributed by atoms with van der Waals surface area (Å²) in [6.07, 6.45) is 0.931. The lowest BCUT2D eigenvalue weighted by atomic mass is 9.84. The highest BCUT2D eigenvalue weighted by atomic mass is 32.2. The third kappa shape index (κ3) is 5.93. The number of aliphatic imine (C=N–C) groups is 1. The highest BCUT2D eigenvalue weighted by Gasteiger charge is 2.16. The SMILES string of the molecule is Cc1cc(C(C)(C)C)cc(C)c1CSC(N)=NCCc1ccccc1. The molecule has 0 saturated carbocycles. The molecule has 2 nitrogen and oxygen atoms in total. The molecule has 0 radical (unpaired) electrons. The van der Waals surface area contributed by atoms with Gasteiger partial charge in [0.05, 0.1) is 0 Å². The molecule has 0 fully saturated rings. The lowest BCUT2D eigenvalue weighted by molar-refractivity contribution is 0.589. The molecule has 134 valence electrons. The van der Waals surface area contributed by atoms with E-state index in [2.05, 4.69) is 76.0 Å². The van der Waals surface area contributed by atoms with Gasteiger partial charge in [0.2, 0.25) is 0 Å². The molecule has 2 aromatic carbocycles. The Bertz CT molecular complexity index is 704. The van der Waals surface area contributed by atoms with E-state index in [0.29, 0.717) is 5.17 Å². The third-order valence-corrected chi connectivity index (χ3v) is 5.30. The number of nitrogens with zero attached hydrogens (tertiary/aromatic N) is 1. The molecule has 2 rings (SSSR count). The average molecular weight is 355 g/mol. The van der Waals surface area contributed by atoms with Crippen molar-refractivity contribution in [2.75, 3.05) is 6.54 Å². The van der Waals surface area contributed by atoms with Crippen LogP contribution in [0.25, 0.3) is 0 Å². The molecule has 0 amide bonds. The molecule has 0 heterocycles. The van der Waals surface area contributed by atoms with Gasteiger partial charge < -0.3 is 5.73 Å². The molecule has 0 saturated heterocycles. The number of amidine groups is 1. The van der Waals surface area contributed by atoms with Gasteiger partial charge in [-0.05, 0) is 53.5 Å². The van der Waals surface area contributed by atoms with Gasteiger partial charge in [-0.2, -0.15) is 0 Å². The first-order valence-corrected chi connectivity index (χ1v) is 9.83. The van der Waals surface area contributed by atoms with Gasteiger partial charge in [0.15, 0.2) is 5.17 Å². The van der Waals surface area contributed by atoms with Crippen molar-refractivity contribution in [1.29, 1.82) is 0 Å². The maximum absolute atomic E-state index is 6.10. The van der Waals surface area contributed by atoms with E-state index in [1.807, 2.05) is 6.07 Å². The van der Waals surface area contributed by atoms with Crippen LogP contribution in [0.15, 0.2) is 47.5 Å². The van der Waals surface area contributed by atoms with Crippen LogP contribution in [0.5, 0.6) is 0 Å². The van der Waals surface area contributed by atoms with Crippen LogP contribution in [-0.4, -0.2) is 11.7 Å². The summed E-state index contributed by atoms with van der Waals surface area (Å²) in [4.78, 5) is 4.51. The molecule has 2 aromatic rings. The first-order chi connectivity index (χ1) is 11.8. The number of nitrogens with two attached hydrogens (primary N) is 1. The zero-order valence-electron chi connectivity index (χ0n) is 16.1. The van der Waals surface area contributed by atoms with Crippen molar-refractivity contribution in [3.05, 3.63) is 70.3 Å². The topological polar surface area (TPSA) is 38.4 Å². The monoisotopic (exact) mass is 354 g/mol. The van der Waals surface area contributed by atoms with Gasteiger partial charge >= 0.3 is 0 Å². The molecule has 0 unspecified atom stereocenters. The first kappa shape index (κ1) is 19.6. The van der Waals surface area contributed by atoms with E-state index in [4.69, 9.17) is 5.73 Å². The summed E-state index contributed by atoms with van der Waals surface area (Å²) in [7, 11) is 0. The number of hydrogen-bond acceptors (Lipinski definition) is 2. The Morgan fingerprint density at radius 3 is 2.20 bits per heavy atom. The van der Waals surface area contributed by atoms with Crippen LogP contribution in [0, 0.1) is 13.8 Å². The fourth-order valence-electron chi connectivity index (χ4n) is 2.79. The largest absolute Gasteiger partial charge is 0.379 e. The van der Waals surface area contributed by atoms with Gasteiger partial charge in [-0.1, -0.05) is 75.0 Å². The van der Waals surface area contributed by atoms with Gasteiger partial charge in [-0.3, -0.25) is 4.99 Å². The molecule has 0 aromatic heterocycles. The van der Waals surface area contributed by atoms with Gasteiger partial charge in [-0.25, -0.2) is 0 Å². The van der Waals surface area contributed by atoms with Crippen LogP contribution in [0.4, 0.5) is 0 Å². The van der Waals surface area contributed by atoms with E-state index < -0.39 is 0 Å². The Balaban J connectivity index is 1.95. The zero-order chi connectivity index (χ0) is 18.4. The summed E-state index contributed by atoms with van der Waals surface area (Å²) >= 11 is 1.63. The van der Waals surface area contributed by atoms with Crippen molar-refractivity contribution in [2.24, 2.45) is 10.7 Å². The maximum atomic E-state index is 6.10. The van der Waals surface area contributed by atoms with Crippen LogP contribution in [0.1, 0.15) is 48.6 Å². The average Bonchev–Trinajstić information content (AvgIpc) is 2.54. The highest BCUT2D eigenvalue weighted by molar-refractivity contribution is 8.13. The molecule has 0 aliphatic heterocycles. The Morgan fingerprint density at radius 2 is 1.64 bits per heavy atom. The van der Waals surface area contributed by atoms with Gasteiger partial charge in [-0.15, -0.1) is 0 Å². The molecule has 0 atom stereocenters. The molecule has 0 aliphatic rings. The number of rotatable bonds is 5. The van der Waals surface area contributed by atoms with Gasteiger partial charge in [0, 0.05) is 12.3 Å². The van der Waals surface area contributed by atoms with Crippen LogP contribution in [-0.2, 0) is 17.6 Å². The van der Waals surface area contributed by atoms with Crippen molar-refractivity contribution < 1.29 is 0 Å². The second kappa shape index (κ2) is 8.57. The number of aryl methyl sites for hydroxylation is 2. The Labute approximate surface area is 156 Å². The molecular weight excluding hydrogens is 324 g/mol. The summed E-state index contributed by atoms with van der Waals surface area (Å²) in [6, 6.07) is 15.0. The van der Waals surface area contributed by atoms with Crippen LogP contribution in [0.2, 0.25) is 0 Å². The van der Waals surface area contributed by atoms with E-state index in [0.717, 1.165) is 18.7 Å². The number of benzene rings is 2. The maximum Gasteiger partial charge on any atom is 0.154 e. The van der Waals surface area contributed by atoms with Crippen LogP contribution >= 0.6 is 11.8 Å². The van der Waals surface area contributed by atoms with Crippen molar-refractivity contribution in [2.45, 2.75) is 52.2 Å². The predicted octanol–water partition coefficient (Wildman–Crippen LogP) is 5.39. The van der Waals surface area contributed by atoms with E-state index >= 15 is 0 Å². The molecule has 0 aliphatic carbocycles. The van der Waals surface area contributed by atoms with Gasteiger partial charge in [0.1, 0.15) is 0 Å². The van der Waals surface area contributed by atoms with E-state index in [1.165, 1.54) is 27.8 Å². The lowest BCUT2D eigenvalue weighted by Crippen LogP contribution is -2.13. The summed E-state index contributed by atoms with van der Waals surface area (Å²) in [5.41, 5.74) is 13.0. The first-order valence-electron chi connectivity index (χ1n) is 8.84. The number of hydrogen-bond donors (Lipinski definition) is 1. The van der Waals surface area contributed by atoms with Crippen molar-refractivity contribution in [3.8, 4) is 0 Å².